The number of benzene rings is 1. The Kier molecular flexibility index (Phi) is 7.20. The van der Waals surface area contributed by atoms with E-state index in [1.807, 2.05) is 31.0 Å². The van der Waals surface area contributed by atoms with Gasteiger partial charge in [-0.2, -0.15) is 0 Å². The summed E-state index contributed by atoms with van der Waals surface area (Å²) in [5, 5.41) is 3.16. The SMILES string of the molecule is CNCC1CCCN(C(=O)CCNS(=O)(=O)c2c(C)cc(C)cc2C)C1. The van der Waals surface area contributed by atoms with Crippen LogP contribution in [0.15, 0.2) is 17.0 Å². The normalized spacial score (nSPS) is 18.2. The van der Waals surface area contributed by atoms with Crippen molar-refractivity contribution in [3.63, 3.8) is 0 Å². The summed E-state index contributed by atoms with van der Waals surface area (Å²) in [6.07, 6.45) is 2.32. The van der Waals surface area contributed by atoms with Crippen molar-refractivity contribution in [2.24, 2.45) is 5.92 Å². The lowest BCUT2D eigenvalue weighted by Crippen LogP contribution is -2.43. The maximum absolute atomic E-state index is 12.6. The lowest BCUT2D eigenvalue weighted by Gasteiger charge is -2.32. The third-order valence-corrected chi connectivity index (χ3v) is 6.63. The Bertz CT molecular complexity index is 721. The summed E-state index contributed by atoms with van der Waals surface area (Å²) >= 11 is 0. The predicted octanol–water partition coefficient (Wildman–Crippen LogP) is 1.74. The fourth-order valence-corrected chi connectivity index (χ4v) is 5.34. The average Bonchev–Trinajstić information content (AvgIpc) is 2.53. The van der Waals surface area contributed by atoms with Crippen molar-refractivity contribution in [2.45, 2.75) is 44.9 Å². The van der Waals surface area contributed by atoms with E-state index in [2.05, 4.69) is 10.0 Å². The lowest BCUT2D eigenvalue weighted by atomic mass is 9.98. The number of hydrogen-bond donors (Lipinski definition) is 2. The van der Waals surface area contributed by atoms with E-state index in [4.69, 9.17) is 0 Å². The number of sulfonamides is 1. The highest BCUT2D eigenvalue weighted by molar-refractivity contribution is 7.89. The van der Waals surface area contributed by atoms with E-state index in [0.29, 0.717) is 10.8 Å². The van der Waals surface area contributed by atoms with Crippen LogP contribution in [0.4, 0.5) is 0 Å². The first-order valence-electron chi connectivity index (χ1n) is 9.24. The van der Waals surface area contributed by atoms with Gasteiger partial charge in [-0.25, -0.2) is 13.1 Å². The van der Waals surface area contributed by atoms with Crippen molar-refractivity contribution >= 4 is 15.9 Å². The monoisotopic (exact) mass is 381 g/mol. The molecule has 0 bridgehead atoms. The number of carbonyl (C=O) groups excluding carboxylic acids is 1. The Hall–Kier alpha value is -1.44. The first-order valence-corrected chi connectivity index (χ1v) is 10.7. The van der Waals surface area contributed by atoms with Crippen LogP contribution in [0, 0.1) is 26.7 Å². The molecule has 2 rings (SSSR count). The van der Waals surface area contributed by atoms with Gasteiger partial charge in [-0.1, -0.05) is 17.7 Å². The highest BCUT2D eigenvalue weighted by Crippen LogP contribution is 2.21. The molecule has 26 heavy (non-hydrogen) atoms. The van der Waals surface area contributed by atoms with Crippen LogP contribution in [0.3, 0.4) is 0 Å². The number of piperidine rings is 1. The number of likely N-dealkylation sites (tertiary alicyclic amines) is 1. The molecule has 2 N–H and O–H groups in total. The van der Waals surface area contributed by atoms with E-state index in [1.54, 1.807) is 13.8 Å². The first kappa shape index (κ1) is 20.9. The molecule has 1 fully saturated rings. The standard InChI is InChI=1S/C19H31N3O3S/c1-14-10-15(2)19(16(3)11-14)26(24,25)21-8-7-18(23)22-9-5-6-17(13-22)12-20-4/h10-11,17,20-21H,5-9,12-13H2,1-4H3. The molecular formula is C19H31N3O3S. The molecule has 1 amide bonds. The van der Waals surface area contributed by atoms with Crippen molar-refractivity contribution in [3.05, 3.63) is 28.8 Å². The molecule has 0 spiro atoms. The molecule has 1 aliphatic rings. The first-order chi connectivity index (χ1) is 12.2. The molecule has 1 atom stereocenters. The predicted molar refractivity (Wildman–Crippen MR) is 104 cm³/mol. The number of aryl methyl sites for hydroxylation is 3. The van der Waals surface area contributed by atoms with E-state index < -0.39 is 10.0 Å². The van der Waals surface area contributed by atoms with Gasteiger partial charge in [0.2, 0.25) is 15.9 Å². The van der Waals surface area contributed by atoms with Crippen molar-refractivity contribution in [2.75, 3.05) is 33.2 Å². The summed E-state index contributed by atoms with van der Waals surface area (Å²) in [5.41, 5.74) is 2.50. The van der Waals surface area contributed by atoms with Gasteiger partial charge in [0.15, 0.2) is 0 Å². The van der Waals surface area contributed by atoms with Crippen LogP contribution in [-0.2, 0) is 14.8 Å². The number of nitrogens with zero attached hydrogens (tertiary/aromatic N) is 1. The van der Waals surface area contributed by atoms with Gasteiger partial charge in [0.05, 0.1) is 4.90 Å². The second kappa shape index (κ2) is 8.97. The van der Waals surface area contributed by atoms with Crippen LogP contribution < -0.4 is 10.0 Å². The second-order valence-corrected chi connectivity index (χ2v) is 8.99. The molecule has 0 aromatic heterocycles. The summed E-state index contributed by atoms with van der Waals surface area (Å²) in [4.78, 5) is 14.6. The third-order valence-electron chi connectivity index (χ3n) is 4.87. The summed E-state index contributed by atoms with van der Waals surface area (Å²) < 4.78 is 27.9. The molecule has 7 heteroatoms. The quantitative estimate of drug-likeness (QED) is 0.754. The molecule has 0 saturated carbocycles. The van der Waals surface area contributed by atoms with E-state index >= 15 is 0 Å². The molecule has 0 aliphatic carbocycles. The van der Waals surface area contributed by atoms with Crippen molar-refractivity contribution in [3.8, 4) is 0 Å². The number of carbonyl (C=O) groups is 1. The molecule has 0 radical (unpaired) electrons. The molecule has 1 aromatic rings. The van der Waals surface area contributed by atoms with Crippen LogP contribution in [0.5, 0.6) is 0 Å². The Labute approximate surface area is 157 Å². The molecular weight excluding hydrogens is 350 g/mol. The topological polar surface area (TPSA) is 78.5 Å². The molecule has 1 aliphatic heterocycles. The minimum atomic E-state index is -3.61. The smallest absolute Gasteiger partial charge is 0.241 e. The number of nitrogens with one attached hydrogen (secondary N) is 2. The van der Waals surface area contributed by atoms with E-state index in [1.165, 1.54) is 0 Å². The Morgan fingerprint density at radius 1 is 1.23 bits per heavy atom. The number of amides is 1. The van der Waals surface area contributed by atoms with Gasteiger partial charge in [-0.3, -0.25) is 4.79 Å². The van der Waals surface area contributed by atoms with Crippen LogP contribution >= 0.6 is 0 Å². The van der Waals surface area contributed by atoms with Gasteiger partial charge < -0.3 is 10.2 Å². The maximum Gasteiger partial charge on any atom is 0.241 e. The molecule has 1 unspecified atom stereocenters. The largest absolute Gasteiger partial charge is 0.342 e. The van der Waals surface area contributed by atoms with Gasteiger partial charge in [0, 0.05) is 26.1 Å². The van der Waals surface area contributed by atoms with Crippen LogP contribution in [0.2, 0.25) is 0 Å². The van der Waals surface area contributed by atoms with Crippen LogP contribution in [0.25, 0.3) is 0 Å². The zero-order chi connectivity index (χ0) is 19.3. The number of hydrogen-bond acceptors (Lipinski definition) is 4. The summed E-state index contributed by atoms with van der Waals surface area (Å²) in [6.45, 7) is 8.10. The van der Waals surface area contributed by atoms with Crippen molar-refractivity contribution < 1.29 is 13.2 Å². The molecule has 146 valence electrons. The Balaban J connectivity index is 1.93. The van der Waals surface area contributed by atoms with E-state index in [0.717, 1.165) is 49.2 Å². The molecule has 1 aromatic carbocycles. The van der Waals surface area contributed by atoms with E-state index in [9.17, 15) is 13.2 Å². The molecule has 1 heterocycles. The van der Waals surface area contributed by atoms with E-state index in [-0.39, 0.29) is 18.9 Å². The lowest BCUT2D eigenvalue weighted by molar-refractivity contribution is -0.132. The van der Waals surface area contributed by atoms with Crippen molar-refractivity contribution in [1.29, 1.82) is 0 Å². The van der Waals surface area contributed by atoms with Crippen LogP contribution in [0.1, 0.15) is 36.0 Å². The average molecular weight is 382 g/mol. The fourth-order valence-electron chi connectivity index (χ4n) is 3.86. The molecule has 6 nitrogen and oxygen atoms in total. The minimum absolute atomic E-state index is 0.0193. The summed E-state index contributed by atoms with van der Waals surface area (Å²) in [5.74, 6) is 0.498. The highest BCUT2D eigenvalue weighted by atomic mass is 32.2. The molecule has 1 saturated heterocycles. The van der Waals surface area contributed by atoms with Crippen molar-refractivity contribution in [1.82, 2.24) is 14.9 Å². The van der Waals surface area contributed by atoms with Gasteiger partial charge in [0.25, 0.3) is 0 Å². The van der Waals surface area contributed by atoms with Gasteiger partial charge in [0.1, 0.15) is 0 Å². The fraction of sp³-hybridized carbons (Fsp3) is 0.632. The Morgan fingerprint density at radius 2 is 1.88 bits per heavy atom. The zero-order valence-electron chi connectivity index (χ0n) is 16.3. The maximum atomic E-state index is 12.6. The second-order valence-electron chi connectivity index (χ2n) is 7.28. The van der Waals surface area contributed by atoms with Gasteiger partial charge >= 0.3 is 0 Å². The number of rotatable bonds is 7. The minimum Gasteiger partial charge on any atom is -0.342 e. The highest BCUT2D eigenvalue weighted by Gasteiger charge is 2.24. The third kappa shape index (κ3) is 5.28. The summed E-state index contributed by atoms with van der Waals surface area (Å²) in [6, 6.07) is 3.73. The van der Waals surface area contributed by atoms with Crippen LogP contribution in [-0.4, -0.2) is 52.5 Å². The van der Waals surface area contributed by atoms with Gasteiger partial charge in [-0.15, -0.1) is 0 Å². The van der Waals surface area contributed by atoms with Gasteiger partial charge in [-0.05, 0) is 64.3 Å². The Morgan fingerprint density at radius 3 is 2.50 bits per heavy atom. The zero-order valence-corrected chi connectivity index (χ0v) is 17.1. The summed E-state index contributed by atoms with van der Waals surface area (Å²) in [7, 11) is -1.69.